The van der Waals surface area contributed by atoms with E-state index in [2.05, 4.69) is 15.6 Å². The molecule has 0 spiro atoms. The van der Waals surface area contributed by atoms with E-state index < -0.39 is 27.8 Å². The Morgan fingerprint density at radius 3 is 2.45 bits per heavy atom. The van der Waals surface area contributed by atoms with E-state index in [9.17, 15) is 22.4 Å². The molecule has 2 heterocycles. The number of aromatic nitrogens is 1. The van der Waals surface area contributed by atoms with Crippen LogP contribution in [0.25, 0.3) is 0 Å². The van der Waals surface area contributed by atoms with E-state index >= 15 is 0 Å². The molecule has 178 valence electrons. The number of amides is 2. The molecule has 1 fully saturated rings. The zero-order valence-corrected chi connectivity index (χ0v) is 19.5. The van der Waals surface area contributed by atoms with Crippen LogP contribution in [0.2, 0.25) is 0 Å². The SMILES string of the molecule is CC(C)[C@H](NC(=O)C1CCCN(S(=O)(=O)c2ccc(F)cc2)C1)C(=O)NCc1ccncc1. The van der Waals surface area contributed by atoms with Crippen LogP contribution < -0.4 is 10.6 Å². The molecule has 2 N–H and O–H groups in total. The van der Waals surface area contributed by atoms with Crippen molar-refractivity contribution < 1.29 is 22.4 Å². The molecule has 10 heteroatoms. The molecule has 1 saturated heterocycles. The summed E-state index contributed by atoms with van der Waals surface area (Å²) in [5.41, 5.74) is 0.890. The second kappa shape index (κ2) is 10.8. The third kappa shape index (κ3) is 6.35. The van der Waals surface area contributed by atoms with Gasteiger partial charge < -0.3 is 10.6 Å². The van der Waals surface area contributed by atoms with Crippen molar-refractivity contribution in [1.82, 2.24) is 19.9 Å². The molecule has 1 unspecified atom stereocenters. The summed E-state index contributed by atoms with van der Waals surface area (Å²) in [6.45, 7) is 4.28. The highest BCUT2D eigenvalue weighted by Crippen LogP contribution is 2.24. The number of halogens is 1. The minimum Gasteiger partial charge on any atom is -0.350 e. The minimum absolute atomic E-state index is 0.00892. The molecule has 1 aromatic carbocycles. The van der Waals surface area contributed by atoms with Crippen molar-refractivity contribution in [1.29, 1.82) is 0 Å². The standard InChI is InChI=1S/C23H29FN4O4S/c1-16(2)21(23(30)26-14-17-9-11-25-12-10-17)27-22(29)18-4-3-13-28(15-18)33(31,32)20-7-5-19(24)6-8-20/h5-12,16,18,21H,3-4,13-15H2,1-2H3,(H,26,30)(H,27,29)/t18?,21-/m0/s1. The average molecular weight is 477 g/mol. The van der Waals surface area contributed by atoms with Crippen LogP contribution in [-0.2, 0) is 26.2 Å². The maximum absolute atomic E-state index is 13.2. The van der Waals surface area contributed by atoms with Crippen molar-refractivity contribution in [2.45, 2.75) is 44.2 Å². The lowest BCUT2D eigenvalue weighted by Gasteiger charge is -2.32. The Bertz CT molecular complexity index is 1060. The number of nitrogens with one attached hydrogen (secondary N) is 2. The van der Waals surface area contributed by atoms with Crippen LogP contribution in [0.4, 0.5) is 4.39 Å². The van der Waals surface area contributed by atoms with Gasteiger partial charge in [-0.3, -0.25) is 14.6 Å². The first-order chi connectivity index (χ1) is 15.7. The summed E-state index contributed by atoms with van der Waals surface area (Å²) in [4.78, 5) is 29.6. The van der Waals surface area contributed by atoms with E-state index in [0.29, 0.717) is 19.4 Å². The highest BCUT2D eigenvalue weighted by Gasteiger charge is 2.35. The highest BCUT2D eigenvalue weighted by atomic mass is 32.2. The Morgan fingerprint density at radius 2 is 1.82 bits per heavy atom. The van der Waals surface area contributed by atoms with Crippen LogP contribution in [0.1, 0.15) is 32.3 Å². The number of nitrogens with zero attached hydrogens (tertiary/aromatic N) is 2. The van der Waals surface area contributed by atoms with Gasteiger partial charge in [0.25, 0.3) is 0 Å². The number of piperidine rings is 1. The highest BCUT2D eigenvalue weighted by molar-refractivity contribution is 7.89. The van der Waals surface area contributed by atoms with Gasteiger partial charge in [-0.15, -0.1) is 0 Å². The molecule has 0 bridgehead atoms. The van der Waals surface area contributed by atoms with E-state index in [1.807, 2.05) is 13.8 Å². The first-order valence-corrected chi connectivity index (χ1v) is 12.3. The number of hydrogen-bond donors (Lipinski definition) is 2. The van der Waals surface area contributed by atoms with Crippen LogP contribution in [-0.4, -0.2) is 48.7 Å². The lowest BCUT2D eigenvalue weighted by molar-refractivity contribution is -0.132. The lowest BCUT2D eigenvalue weighted by Crippen LogP contribution is -2.53. The fourth-order valence-electron chi connectivity index (χ4n) is 3.74. The summed E-state index contributed by atoms with van der Waals surface area (Å²) in [5.74, 6) is -1.92. The molecule has 1 aliphatic heterocycles. The molecule has 33 heavy (non-hydrogen) atoms. The second-order valence-corrected chi connectivity index (χ2v) is 10.4. The quantitative estimate of drug-likeness (QED) is 0.607. The summed E-state index contributed by atoms with van der Waals surface area (Å²) < 4.78 is 40.3. The average Bonchev–Trinajstić information content (AvgIpc) is 2.81. The van der Waals surface area contributed by atoms with Gasteiger partial charge in [-0.1, -0.05) is 13.8 Å². The minimum atomic E-state index is -3.84. The van der Waals surface area contributed by atoms with Crippen molar-refractivity contribution in [3.8, 4) is 0 Å². The van der Waals surface area contributed by atoms with E-state index in [1.54, 1.807) is 24.5 Å². The molecule has 2 atom stereocenters. The second-order valence-electron chi connectivity index (χ2n) is 8.46. The van der Waals surface area contributed by atoms with Gasteiger partial charge in [0.05, 0.1) is 10.8 Å². The van der Waals surface area contributed by atoms with Crippen molar-refractivity contribution in [2.75, 3.05) is 13.1 Å². The summed E-state index contributed by atoms with van der Waals surface area (Å²) in [7, 11) is -3.84. The number of hydrogen-bond acceptors (Lipinski definition) is 5. The van der Waals surface area contributed by atoms with Gasteiger partial charge in [-0.05, 0) is 60.7 Å². The molecular formula is C23H29FN4O4S. The van der Waals surface area contributed by atoms with Crippen molar-refractivity contribution >= 4 is 21.8 Å². The number of benzene rings is 1. The number of sulfonamides is 1. The smallest absolute Gasteiger partial charge is 0.243 e. The van der Waals surface area contributed by atoms with Gasteiger partial charge >= 0.3 is 0 Å². The van der Waals surface area contributed by atoms with Crippen molar-refractivity contribution in [3.05, 3.63) is 60.2 Å². The third-order valence-electron chi connectivity index (χ3n) is 5.67. The fourth-order valence-corrected chi connectivity index (χ4v) is 5.26. The molecule has 8 nitrogen and oxygen atoms in total. The van der Waals surface area contributed by atoms with Crippen LogP contribution >= 0.6 is 0 Å². The monoisotopic (exact) mass is 476 g/mol. The normalized spacial score (nSPS) is 18.0. The van der Waals surface area contributed by atoms with Crippen LogP contribution in [0.3, 0.4) is 0 Å². The van der Waals surface area contributed by atoms with Crippen LogP contribution in [0.5, 0.6) is 0 Å². The van der Waals surface area contributed by atoms with Gasteiger partial charge in [0, 0.05) is 32.0 Å². The molecular weight excluding hydrogens is 447 g/mol. The Labute approximate surface area is 193 Å². The number of carbonyl (C=O) groups is 2. The first-order valence-electron chi connectivity index (χ1n) is 10.9. The van der Waals surface area contributed by atoms with Gasteiger partial charge in [0.2, 0.25) is 21.8 Å². The topological polar surface area (TPSA) is 108 Å². The Hall–Kier alpha value is -2.85. The Morgan fingerprint density at radius 1 is 1.15 bits per heavy atom. The van der Waals surface area contributed by atoms with E-state index in [0.717, 1.165) is 17.7 Å². The van der Waals surface area contributed by atoms with Crippen LogP contribution in [0.15, 0.2) is 53.7 Å². The Kier molecular flexibility index (Phi) is 8.15. The molecule has 2 aromatic rings. The molecule has 0 radical (unpaired) electrons. The van der Waals surface area contributed by atoms with Gasteiger partial charge in [-0.25, -0.2) is 12.8 Å². The number of carbonyl (C=O) groups excluding carboxylic acids is 2. The summed E-state index contributed by atoms with van der Waals surface area (Å²) in [6, 6.07) is 7.47. The predicted octanol–water partition coefficient (Wildman–Crippen LogP) is 2.08. The van der Waals surface area contributed by atoms with Gasteiger partial charge in [0.15, 0.2) is 0 Å². The molecule has 1 aromatic heterocycles. The van der Waals surface area contributed by atoms with Gasteiger partial charge in [0.1, 0.15) is 11.9 Å². The van der Waals surface area contributed by atoms with E-state index in [1.165, 1.54) is 16.4 Å². The predicted molar refractivity (Wildman–Crippen MR) is 121 cm³/mol. The maximum atomic E-state index is 13.2. The molecule has 0 saturated carbocycles. The van der Waals surface area contributed by atoms with E-state index in [4.69, 9.17) is 0 Å². The van der Waals surface area contributed by atoms with Crippen molar-refractivity contribution in [3.63, 3.8) is 0 Å². The fraction of sp³-hybridized carbons (Fsp3) is 0.435. The third-order valence-corrected chi connectivity index (χ3v) is 7.55. The molecule has 1 aliphatic rings. The molecule has 0 aliphatic carbocycles. The van der Waals surface area contributed by atoms with Crippen LogP contribution in [0, 0.1) is 17.7 Å². The van der Waals surface area contributed by atoms with Crippen molar-refractivity contribution in [2.24, 2.45) is 11.8 Å². The molecule has 2 amide bonds. The van der Waals surface area contributed by atoms with E-state index in [-0.39, 0.29) is 35.7 Å². The zero-order chi connectivity index (χ0) is 24.0. The summed E-state index contributed by atoms with van der Waals surface area (Å²) >= 11 is 0. The Balaban J connectivity index is 1.63. The number of pyridine rings is 1. The summed E-state index contributed by atoms with van der Waals surface area (Å²) in [5, 5.41) is 5.64. The first kappa shape index (κ1) is 24.8. The lowest BCUT2D eigenvalue weighted by atomic mass is 9.96. The zero-order valence-electron chi connectivity index (χ0n) is 18.7. The maximum Gasteiger partial charge on any atom is 0.243 e. The largest absolute Gasteiger partial charge is 0.350 e. The summed E-state index contributed by atoms with van der Waals surface area (Å²) in [6.07, 6.45) is 4.31. The molecule has 3 rings (SSSR count). The number of rotatable bonds is 8. The van der Waals surface area contributed by atoms with Gasteiger partial charge in [-0.2, -0.15) is 4.31 Å².